The van der Waals surface area contributed by atoms with E-state index in [-0.39, 0.29) is 5.91 Å². The summed E-state index contributed by atoms with van der Waals surface area (Å²) in [5.41, 5.74) is 2.90. The summed E-state index contributed by atoms with van der Waals surface area (Å²) in [4.78, 5) is 19.9. The third-order valence-electron chi connectivity index (χ3n) is 5.73. The molecule has 1 aromatic rings. The number of amides is 1. The van der Waals surface area contributed by atoms with Gasteiger partial charge in [0.25, 0.3) is 0 Å². The maximum Gasteiger partial charge on any atom is 0.239 e. The number of nitrogens with one attached hydrogen (secondary N) is 1. The Morgan fingerprint density at radius 1 is 1.28 bits per heavy atom. The zero-order valence-electron chi connectivity index (χ0n) is 17.5. The van der Waals surface area contributed by atoms with Crippen molar-refractivity contribution < 1.29 is 4.79 Å². The van der Waals surface area contributed by atoms with Crippen LogP contribution >= 0.6 is 0 Å². The molecule has 4 heteroatoms. The first-order valence-corrected chi connectivity index (χ1v) is 10.5. The molecule has 0 saturated carbocycles. The lowest BCUT2D eigenvalue weighted by molar-refractivity contribution is -0.124. The summed E-state index contributed by atoms with van der Waals surface area (Å²) < 4.78 is 0. The van der Waals surface area contributed by atoms with Crippen LogP contribution in [0.4, 0.5) is 5.82 Å². The van der Waals surface area contributed by atoms with Crippen molar-refractivity contribution in [1.82, 2.24) is 10.3 Å². The zero-order valence-corrected chi connectivity index (χ0v) is 17.5. The fraction of sp³-hybridized carbons (Fsp3) is 0.360. The normalized spacial score (nSPS) is 19.5. The molecule has 2 aliphatic rings. The predicted molar refractivity (Wildman–Crippen MR) is 121 cm³/mol. The number of anilines is 1. The maximum atomic E-state index is 13.4. The first kappa shape index (κ1) is 21.0. The average Bonchev–Trinajstić information content (AvgIpc) is 2.98. The molecule has 29 heavy (non-hydrogen) atoms. The number of nitrogens with zero attached hydrogens (tertiary/aromatic N) is 2. The Labute approximate surface area is 174 Å². The van der Waals surface area contributed by atoms with Gasteiger partial charge in [-0.25, -0.2) is 4.98 Å². The van der Waals surface area contributed by atoms with Crippen molar-refractivity contribution in [3.63, 3.8) is 0 Å². The van der Waals surface area contributed by atoms with E-state index in [0.717, 1.165) is 54.9 Å². The van der Waals surface area contributed by atoms with E-state index >= 15 is 0 Å². The molecule has 1 fully saturated rings. The molecule has 0 radical (unpaired) electrons. The van der Waals surface area contributed by atoms with Crippen LogP contribution in [0, 0.1) is 0 Å². The van der Waals surface area contributed by atoms with E-state index in [9.17, 15) is 4.79 Å². The van der Waals surface area contributed by atoms with Gasteiger partial charge in [0.05, 0.1) is 5.41 Å². The van der Waals surface area contributed by atoms with E-state index in [2.05, 4.69) is 60.2 Å². The summed E-state index contributed by atoms with van der Waals surface area (Å²) in [6.07, 6.45) is 18.7. The molecular formula is C25H31N3O. The Hall–Kier alpha value is -2.72. The highest BCUT2D eigenvalue weighted by Gasteiger charge is 2.51. The van der Waals surface area contributed by atoms with Crippen LogP contribution in [0.2, 0.25) is 0 Å². The number of piperidine rings is 1. The highest BCUT2D eigenvalue weighted by Crippen LogP contribution is 2.45. The van der Waals surface area contributed by atoms with Gasteiger partial charge in [0.15, 0.2) is 0 Å². The summed E-state index contributed by atoms with van der Waals surface area (Å²) in [5.74, 6) is 1.01. The Bertz CT molecular complexity index is 870. The monoisotopic (exact) mass is 389 g/mol. The highest BCUT2D eigenvalue weighted by molar-refractivity contribution is 6.07. The lowest BCUT2D eigenvalue weighted by Crippen LogP contribution is -2.47. The Balaban J connectivity index is 1.83. The van der Waals surface area contributed by atoms with E-state index in [1.54, 1.807) is 12.3 Å². The minimum Gasteiger partial charge on any atom is -0.317 e. The second-order valence-electron chi connectivity index (χ2n) is 7.44. The van der Waals surface area contributed by atoms with Crippen molar-refractivity contribution in [2.45, 2.75) is 38.5 Å². The molecule has 1 spiro atoms. The average molecular weight is 390 g/mol. The van der Waals surface area contributed by atoms with Crippen LogP contribution in [0.15, 0.2) is 78.6 Å². The van der Waals surface area contributed by atoms with E-state index in [1.165, 1.54) is 0 Å². The summed E-state index contributed by atoms with van der Waals surface area (Å²) >= 11 is 0. The van der Waals surface area contributed by atoms with E-state index < -0.39 is 5.41 Å². The van der Waals surface area contributed by atoms with Crippen LogP contribution in [0.5, 0.6) is 0 Å². The lowest BCUT2D eigenvalue weighted by atomic mass is 9.74. The van der Waals surface area contributed by atoms with Crippen LogP contribution in [0.1, 0.15) is 38.7 Å². The molecule has 1 saturated heterocycles. The molecule has 1 amide bonds. The fourth-order valence-electron chi connectivity index (χ4n) is 4.23. The van der Waals surface area contributed by atoms with Crippen LogP contribution in [-0.2, 0) is 10.2 Å². The number of carbonyl (C=O) groups is 1. The zero-order chi connectivity index (χ0) is 20.7. The molecule has 3 rings (SSSR count). The lowest BCUT2D eigenvalue weighted by Gasteiger charge is -2.32. The first-order chi connectivity index (χ1) is 14.2. The molecular weight excluding hydrogens is 358 g/mol. The smallest absolute Gasteiger partial charge is 0.239 e. The van der Waals surface area contributed by atoms with Crippen LogP contribution in [-0.4, -0.2) is 30.5 Å². The van der Waals surface area contributed by atoms with Gasteiger partial charge in [-0.2, -0.15) is 0 Å². The molecule has 1 N–H and O–H groups in total. The fourth-order valence-corrected chi connectivity index (χ4v) is 4.23. The second kappa shape index (κ2) is 9.66. The highest BCUT2D eigenvalue weighted by atomic mass is 16.2. The van der Waals surface area contributed by atoms with Gasteiger partial charge in [-0.15, -0.1) is 0 Å². The van der Waals surface area contributed by atoms with E-state index in [0.29, 0.717) is 6.54 Å². The molecule has 0 aliphatic carbocycles. The number of pyridine rings is 1. The summed E-state index contributed by atoms with van der Waals surface area (Å²) in [5, 5.41) is 3.38. The van der Waals surface area contributed by atoms with Crippen molar-refractivity contribution in [1.29, 1.82) is 0 Å². The Morgan fingerprint density at radius 2 is 2.03 bits per heavy atom. The summed E-state index contributed by atoms with van der Waals surface area (Å²) in [6.45, 7) is 10.2. The molecule has 4 nitrogen and oxygen atoms in total. The molecule has 3 heterocycles. The number of allylic oxidation sites excluding steroid dienone is 8. The van der Waals surface area contributed by atoms with Gasteiger partial charge in [0, 0.05) is 18.3 Å². The SMILES string of the molecule is C=C/C=C(\C=C/CC)C(/C=C\CN1C(=O)C2(CCNCC2)c2cccnc21)=C/C. The number of carbonyl (C=O) groups excluding carboxylic acids is 1. The number of hydrogen-bond acceptors (Lipinski definition) is 3. The molecule has 0 atom stereocenters. The van der Waals surface area contributed by atoms with Crippen LogP contribution < -0.4 is 10.2 Å². The number of hydrogen-bond donors (Lipinski definition) is 1. The van der Waals surface area contributed by atoms with Crippen molar-refractivity contribution in [3.8, 4) is 0 Å². The third kappa shape index (κ3) is 4.18. The molecule has 0 aromatic carbocycles. The molecule has 0 unspecified atom stereocenters. The summed E-state index contributed by atoms with van der Waals surface area (Å²) in [7, 11) is 0. The van der Waals surface area contributed by atoms with Gasteiger partial charge in [0.2, 0.25) is 5.91 Å². The van der Waals surface area contributed by atoms with Crippen LogP contribution in [0.25, 0.3) is 0 Å². The maximum absolute atomic E-state index is 13.4. The van der Waals surface area contributed by atoms with Gasteiger partial charge in [-0.1, -0.05) is 62.1 Å². The molecule has 0 bridgehead atoms. The number of fused-ring (bicyclic) bond motifs is 2. The Kier molecular flexibility index (Phi) is 6.99. The standard InChI is InChI=1S/C25H31N3O/c1-4-7-11-21(10-5-2)20(6-3)12-9-19-28-23-22(13-8-16-27-23)25(24(28)29)14-17-26-18-15-25/h5-13,16,26H,2,4,14-15,17-19H2,1,3H3/b11-7-,12-9-,20-6+,21-10+. The van der Waals surface area contributed by atoms with Crippen LogP contribution in [0.3, 0.4) is 0 Å². The number of aromatic nitrogens is 1. The second-order valence-corrected chi connectivity index (χ2v) is 7.44. The minimum atomic E-state index is -0.413. The van der Waals surface area contributed by atoms with Crippen molar-refractivity contribution >= 4 is 11.7 Å². The summed E-state index contributed by atoms with van der Waals surface area (Å²) in [6, 6.07) is 4.02. The van der Waals surface area contributed by atoms with Gasteiger partial charge in [0.1, 0.15) is 5.82 Å². The molecule has 2 aliphatic heterocycles. The molecule has 152 valence electrons. The Morgan fingerprint density at radius 3 is 2.72 bits per heavy atom. The van der Waals surface area contributed by atoms with Gasteiger partial charge >= 0.3 is 0 Å². The third-order valence-corrected chi connectivity index (χ3v) is 5.73. The van der Waals surface area contributed by atoms with E-state index in [1.807, 2.05) is 24.0 Å². The quantitative estimate of drug-likeness (QED) is 0.692. The van der Waals surface area contributed by atoms with E-state index in [4.69, 9.17) is 0 Å². The number of rotatable bonds is 7. The van der Waals surface area contributed by atoms with Crippen molar-refractivity contribution in [3.05, 3.63) is 84.2 Å². The topological polar surface area (TPSA) is 45.2 Å². The largest absolute Gasteiger partial charge is 0.317 e. The minimum absolute atomic E-state index is 0.187. The van der Waals surface area contributed by atoms with Gasteiger partial charge in [-0.05, 0) is 56.5 Å². The predicted octanol–water partition coefficient (Wildman–Crippen LogP) is 4.63. The molecule has 1 aromatic heterocycles. The van der Waals surface area contributed by atoms with Gasteiger partial charge in [-0.3, -0.25) is 9.69 Å². The van der Waals surface area contributed by atoms with Crippen molar-refractivity contribution in [2.24, 2.45) is 0 Å². The van der Waals surface area contributed by atoms with Crippen molar-refractivity contribution in [2.75, 3.05) is 24.5 Å². The van der Waals surface area contributed by atoms with Gasteiger partial charge < -0.3 is 5.32 Å². The first-order valence-electron chi connectivity index (χ1n) is 10.5.